The molecular formula is C7H8ClN3. The van der Waals surface area contributed by atoms with Gasteiger partial charge in [0.05, 0.1) is 12.6 Å². The van der Waals surface area contributed by atoms with E-state index in [0.29, 0.717) is 11.2 Å². The maximum absolute atomic E-state index is 5.81. The molecule has 0 saturated carbocycles. The number of amidine groups is 1. The van der Waals surface area contributed by atoms with Gasteiger partial charge in [0, 0.05) is 12.4 Å². The highest BCUT2D eigenvalue weighted by Crippen LogP contribution is 2.16. The van der Waals surface area contributed by atoms with Gasteiger partial charge in [0.1, 0.15) is 0 Å². The Balaban J connectivity index is 2.35. The minimum Gasteiger partial charge on any atom is -0.325 e. The minimum atomic E-state index is 0.422. The quantitative estimate of drug-likeness (QED) is 0.536. The second-order valence-corrected chi connectivity index (χ2v) is 3.00. The second kappa shape index (κ2) is 2.34. The average Bonchev–Trinajstić information content (AvgIpc) is 2.35. The van der Waals surface area contributed by atoms with Gasteiger partial charge in [-0.2, -0.15) is 0 Å². The van der Waals surface area contributed by atoms with E-state index in [0.717, 1.165) is 12.4 Å². The Labute approximate surface area is 70.1 Å². The second-order valence-electron chi connectivity index (χ2n) is 2.64. The Bertz CT molecular complexity index is 267. The topological polar surface area (TPSA) is 28.0 Å². The minimum absolute atomic E-state index is 0.422. The summed E-state index contributed by atoms with van der Waals surface area (Å²) >= 11 is 5.81. The van der Waals surface area contributed by atoms with Gasteiger partial charge in [-0.15, -0.1) is 0 Å². The fourth-order valence-corrected chi connectivity index (χ4v) is 1.43. The molecule has 11 heavy (non-hydrogen) atoms. The van der Waals surface area contributed by atoms with Crippen molar-refractivity contribution in [3.05, 3.63) is 12.4 Å². The van der Waals surface area contributed by atoms with Gasteiger partial charge in [-0.3, -0.25) is 4.99 Å². The van der Waals surface area contributed by atoms with Crippen molar-refractivity contribution in [1.82, 2.24) is 4.90 Å². The van der Waals surface area contributed by atoms with Crippen molar-refractivity contribution < 1.29 is 0 Å². The lowest BCUT2D eigenvalue weighted by Crippen LogP contribution is -2.34. The van der Waals surface area contributed by atoms with E-state index in [2.05, 4.69) is 16.9 Å². The molecule has 1 unspecified atom stereocenters. The zero-order valence-corrected chi connectivity index (χ0v) is 6.91. The van der Waals surface area contributed by atoms with Gasteiger partial charge in [-0.25, -0.2) is 4.99 Å². The number of nitrogens with zero attached hydrogens (tertiary/aromatic N) is 3. The van der Waals surface area contributed by atoms with Crippen molar-refractivity contribution >= 4 is 22.6 Å². The highest BCUT2D eigenvalue weighted by Gasteiger charge is 2.26. The van der Waals surface area contributed by atoms with Crippen molar-refractivity contribution in [3.63, 3.8) is 0 Å². The van der Waals surface area contributed by atoms with Crippen LogP contribution in [0.15, 0.2) is 22.4 Å². The number of aliphatic imine (C=N–C) groups is 2. The van der Waals surface area contributed by atoms with E-state index in [9.17, 15) is 0 Å². The average molecular weight is 170 g/mol. The van der Waals surface area contributed by atoms with E-state index in [4.69, 9.17) is 11.6 Å². The summed E-state index contributed by atoms with van der Waals surface area (Å²) in [5.41, 5.74) is 0. The van der Waals surface area contributed by atoms with Crippen LogP contribution >= 0.6 is 11.6 Å². The van der Waals surface area contributed by atoms with Crippen molar-refractivity contribution in [1.29, 1.82) is 0 Å². The van der Waals surface area contributed by atoms with Gasteiger partial charge in [0.15, 0.2) is 11.0 Å². The molecule has 0 aliphatic carbocycles. The molecule has 2 aliphatic rings. The number of hydrogen-bond donors (Lipinski definition) is 0. The normalized spacial score (nSPS) is 28.2. The summed E-state index contributed by atoms with van der Waals surface area (Å²) in [5.74, 6) is 0.807. The molecule has 0 radical (unpaired) electrons. The Morgan fingerprint density at radius 3 is 3.27 bits per heavy atom. The van der Waals surface area contributed by atoms with Crippen molar-refractivity contribution in [2.45, 2.75) is 13.0 Å². The predicted molar refractivity (Wildman–Crippen MR) is 46.0 cm³/mol. The van der Waals surface area contributed by atoms with Gasteiger partial charge in [0.2, 0.25) is 0 Å². The first-order chi connectivity index (χ1) is 5.29. The van der Waals surface area contributed by atoms with Crippen LogP contribution in [-0.2, 0) is 0 Å². The fraction of sp³-hybridized carbons (Fsp3) is 0.429. The Morgan fingerprint density at radius 1 is 1.73 bits per heavy atom. The molecular weight excluding hydrogens is 162 g/mol. The van der Waals surface area contributed by atoms with Gasteiger partial charge in [-0.05, 0) is 6.92 Å². The molecule has 0 fully saturated rings. The van der Waals surface area contributed by atoms with Crippen molar-refractivity contribution in [3.8, 4) is 0 Å². The third kappa shape index (κ3) is 0.959. The largest absolute Gasteiger partial charge is 0.325 e. The molecule has 2 rings (SSSR count). The molecule has 0 N–H and O–H groups in total. The third-order valence-corrected chi connectivity index (χ3v) is 2.09. The van der Waals surface area contributed by atoms with E-state index in [-0.39, 0.29) is 0 Å². The molecule has 0 aromatic rings. The summed E-state index contributed by atoms with van der Waals surface area (Å²) < 4.78 is 0. The van der Waals surface area contributed by atoms with Crippen LogP contribution in [0.25, 0.3) is 0 Å². The highest BCUT2D eigenvalue weighted by atomic mass is 35.5. The summed E-state index contributed by atoms with van der Waals surface area (Å²) in [6.07, 6.45) is 3.60. The van der Waals surface area contributed by atoms with E-state index in [1.807, 2.05) is 11.1 Å². The summed E-state index contributed by atoms with van der Waals surface area (Å²) in [4.78, 5) is 10.2. The summed E-state index contributed by atoms with van der Waals surface area (Å²) in [6.45, 7) is 2.92. The Morgan fingerprint density at radius 2 is 2.55 bits per heavy atom. The van der Waals surface area contributed by atoms with Crippen LogP contribution < -0.4 is 0 Å². The summed E-state index contributed by atoms with van der Waals surface area (Å²) in [7, 11) is 0. The molecule has 2 aliphatic heterocycles. The summed E-state index contributed by atoms with van der Waals surface area (Å²) in [6, 6.07) is 0.422. The van der Waals surface area contributed by atoms with Crippen LogP contribution in [0.2, 0.25) is 0 Å². The monoisotopic (exact) mass is 169 g/mol. The zero-order chi connectivity index (χ0) is 7.84. The van der Waals surface area contributed by atoms with Crippen LogP contribution in [-0.4, -0.2) is 28.5 Å². The van der Waals surface area contributed by atoms with Crippen LogP contribution in [0.3, 0.4) is 0 Å². The van der Waals surface area contributed by atoms with Gasteiger partial charge in [0.25, 0.3) is 0 Å². The highest BCUT2D eigenvalue weighted by molar-refractivity contribution is 6.83. The molecule has 4 heteroatoms. The Hall–Kier alpha value is -0.830. The van der Waals surface area contributed by atoms with Crippen LogP contribution in [0.5, 0.6) is 0 Å². The lowest BCUT2D eigenvalue weighted by atomic mass is 10.3. The molecule has 0 spiro atoms. The maximum Gasteiger partial charge on any atom is 0.171 e. The van der Waals surface area contributed by atoms with E-state index >= 15 is 0 Å². The van der Waals surface area contributed by atoms with Crippen molar-refractivity contribution in [2.24, 2.45) is 9.98 Å². The van der Waals surface area contributed by atoms with Crippen LogP contribution in [0.4, 0.5) is 0 Å². The standard InChI is InChI=1S/C7H8ClN3/c1-5-4-10-7-6(8)9-2-3-11(5)7/h2-3,5H,4H2,1H3. The molecule has 0 aromatic heterocycles. The smallest absolute Gasteiger partial charge is 0.171 e. The first kappa shape index (κ1) is 6.85. The number of hydrogen-bond acceptors (Lipinski definition) is 3. The maximum atomic E-state index is 5.81. The number of fused-ring (bicyclic) bond motifs is 1. The van der Waals surface area contributed by atoms with Gasteiger partial charge < -0.3 is 4.90 Å². The fourth-order valence-electron chi connectivity index (χ4n) is 1.21. The number of halogens is 1. The molecule has 0 bridgehead atoms. The molecule has 0 amide bonds. The van der Waals surface area contributed by atoms with Gasteiger partial charge >= 0.3 is 0 Å². The molecule has 0 aromatic carbocycles. The van der Waals surface area contributed by atoms with Crippen LogP contribution in [0, 0.1) is 0 Å². The van der Waals surface area contributed by atoms with E-state index in [1.165, 1.54) is 0 Å². The van der Waals surface area contributed by atoms with Crippen molar-refractivity contribution in [2.75, 3.05) is 6.54 Å². The summed E-state index contributed by atoms with van der Waals surface area (Å²) in [5, 5.41) is 0.497. The van der Waals surface area contributed by atoms with Gasteiger partial charge in [-0.1, -0.05) is 11.6 Å². The molecule has 3 nitrogen and oxygen atoms in total. The number of rotatable bonds is 0. The first-order valence-corrected chi connectivity index (χ1v) is 3.90. The molecule has 0 saturated heterocycles. The SMILES string of the molecule is CC1CN=C2C(Cl)=NC=CN21. The lowest BCUT2D eigenvalue weighted by Gasteiger charge is -2.21. The molecule has 1 atom stereocenters. The van der Waals surface area contributed by atoms with Crippen LogP contribution in [0.1, 0.15) is 6.92 Å². The molecule has 2 heterocycles. The van der Waals surface area contributed by atoms with E-state index in [1.54, 1.807) is 6.20 Å². The van der Waals surface area contributed by atoms with E-state index < -0.39 is 0 Å². The third-order valence-electron chi connectivity index (χ3n) is 1.82. The Kier molecular flexibility index (Phi) is 1.46. The first-order valence-electron chi connectivity index (χ1n) is 3.52. The zero-order valence-electron chi connectivity index (χ0n) is 6.16. The predicted octanol–water partition coefficient (Wildman–Crippen LogP) is 1.21. The lowest BCUT2D eigenvalue weighted by molar-refractivity contribution is 0.475. The molecule has 58 valence electrons.